The van der Waals surface area contributed by atoms with Crippen LogP contribution in [0.3, 0.4) is 0 Å². The highest BCUT2D eigenvalue weighted by Crippen LogP contribution is 2.10. The third kappa shape index (κ3) is 4.19. The Kier molecular flexibility index (Phi) is 4.42. The van der Waals surface area contributed by atoms with Crippen LogP contribution in [0.15, 0.2) is 0 Å². The molecule has 0 aromatic carbocycles. The molecular weight excluding hydrogens is 156 g/mol. The molecular formula is C8H18N2S. The van der Waals surface area contributed by atoms with Crippen LogP contribution in [0.2, 0.25) is 0 Å². The quantitative estimate of drug-likeness (QED) is 0.657. The van der Waals surface area contributed by atoms with Gasteiger partial charge in [0.1, 0.15) is 0 Å². The Bertz CT molecular complexity index is 134. The van der Waals surface area contributed by atoms with Gasteiger partial charge in [0.05, 0.1) is 0 Å². The molecule has 0 aromatic heterocycles. The zero-order chi connectivity index (χ0) is 9.02. The maximum Gasteiger partial charge on any atom is 0.166 e. The zero-order valence-corrected chi connectivity index (χ0v) is 8.61. The Morgan fingerprint density at radius 1 is 1.45 bits per heavy atom. The Balaban J connectivity index is 3.75. The summed E-state index contributed by atoms with van der Waals surface area (Å²) in [6.45, 7) is 7.57. The van der Waals surface area contributed by atoms with Crippen LogP contribution in [0, 0.1) is 11.8 Å². The fourth-order valence-corrected chi connectivity index (χ4v) is 0.807. The summed E-state index contributed by atoms with van der Waals surface area (Å²) in [5.41, 5.74) is 5.44. The van der Waals surface area contributed by atoms with Gasteiger partial charge in [0.2, 0.25) is 0 Å². The molecule has 0 fully saturated rings. The number of hydrogen-bond acceptors (Lipinski definition) is 1. The Hall–Kier alpha value is -0.310. The predicted molar refractivity (Wildman–Crippen MR) is 53.4 cm³/mol. The Morgan fingerprint density at radius 3 is 2.18 bits per heavy atom. The molecule has 0 aliphatic carbocycles. The van der Waals surface area contributed by atoms with E-state index >= 15 is 0 Å². The van der Waals surface area contributed by atoms with Crippen molar-refractivity contribution in [1.29, 1.82) is 0 Å². The number of nitrogens with zero attached hydrogens (tertiary/aromatic N) is 1. The van der Waals surface area contributed by atoms with Crippen LogP contribution in [-0.2, 0) is 0 Å². The molecule has 1 unspecified atom stereocenters. The van der Waals surface area contributed by atoms with E-state index in [0.717, 1.165) is 6.54 Å². The normalized spacial score (nSPS) is 13.2. The Morgan fingerprint density at radius 2 is 1.91 bits per heavy atom. The minimum Gasteiger partial charge on any atom is -0.376 e. The number of nitrogens with two attached hydrogens (primary N) is 1. The van der Waals surface area contributed by atoms with Crippen LogP contribution >= 0.6 is 12.2 Å². The summed E-state index contributed by atoms with van der Waals surface area (Å²) in [5, 5.41) is 0.484. The molecule has 0 radical (unpaired) electrons. The van der Waals surface area contributed by atoms with Gasteiger partial charge in [-0.1, -0.05) is 20.8 Å². The summed E-state index contributed by atoms with van der Waals surface area (Å²) in [6, 6.07) is 0. The van der Waals surface area contributed by atoms with Crippen LogP contribution in [0.5, 0.6) is 0 Å². The standard InChI is InChI=1S/C8H18N2S/c1-6(2)7(3)5-10(4)8(9)11/h6-7H,5H2,1-4H3,(H2,9,11). The van der Waals surface area contributed by atoms with Crippen molar-refractivity contribution in [3.8, 4) is 0 Å². The van der Waals surface area contributed by atoms with Gasteiger partial charge in [-0.05, 0) is 24.1 Å². The summed E-state index contributed by atoms with van der Waals surface area (Å²) in [4.78, 5) is 1.92. The summed E-state index contributed by atoms with van der Waals surface area (Å²) in [7, 11) is 1.93. The molecule has 66 valence electrons. The van der Waals surface area contributed by atoms with Crippen molar-refractivity contribution in [2.45, 2.75) is 20.8 Å². The fraction of sp³-hybridized carbons (Fsp3) is 0.875. The van der Waals surface area contributed by atoms with Gasteiger partial charge in [0.15, 0.2) is 5.11 Å². The minimum absolute atomic E-state index is 0.484. The fourth-order valence-electron chi connectivity index (χ4n) is 0.733. The lowest BCUT2D eigenvalue weighted by atomic mass is 9.98. The lowest BCUT2D eigenvalue weighted by molar-refractivity contribution is 0.330. The number of thiocarbonyl (C=S) groups is 1. The van der Waals surface area contributed by atoms with Gasteiger partial charge in [-0.15, -0.1) is 0 Å². The molecule has 2 N–H and O–H groups in total. The van der Waals surface area contributed by atoms with E-state index < -0.39 is 0 Å². The maximum absolute atomic E-state index is 5.44. The van der Waals surface area contributed by atoms with Gasteiger partial charge in [-0.3, -0.25) is 0 Å². The highest BCUT2D eigenvalue weighted by Gasteiger charge is 2.10. The molecule has 0 aromatic rings. The van der Waals surface area contributed by atoms with Gasteiger partial charge in [0.25, 0.3) is 0 Å². The van der Waals surface area contributed by atoms with Gasteiger partial charge in [-0.2, -0.15) is 0 Å². The first-order valence-electron chi connectivity index (χ1n) is 3.95. The number of hydrogen-bond donors (Lipinski definition) is 1. The van der Waals surface area contributed by atoms with E-state index in [4.69, 9.17) is 18.0 Å². The van der Waals surface area contributed by atoms with Crippen molar-refractivity contribution in [3.63, 3.8) is 0 Å². The van der Waals surface area contributed by atoms with Gasteiger partial charge in [-0.25, -0.2) is 0 Å². The first kappa shape index (κ1) is 10.7. The van der Waals surface area contributed by atoms with Crippen LogP contribution in [0.25, 0.3) is 0 Å². The lowest BCUT2D eigenvalue weighted by Crippen LogP contribution is -2.36. The summed E-state index contributed by atoms with van der Waals surface area (Å²) in [6.07, 6.45) is 0. The van der Waals surface area contributed by atoms with Gasteiger partial charge in [0, 0.05) is 13.6 Å². The SMILES string of the molecule is CC(C)C(C)CN(C)C(N)=S. The van der Waals surface area contributed by atoms with Gasteiger partial charge < -0.3 is 10.6 Å². The average molecular weight is 174 g/mol. The molecule has 11 heavy (non-hydrogen) atoms. The summed E-state index contributed by atoms with van der Waals surface area (Å²) >= 11 is 4.83. The third-order valence-corrected chi connectivity index (χ3v) is 2.39. The van der Waals surface area contributed by atoms with E-state index in [9.17, 15) is 0 Å². The molecule has 0 spiro atoms. The van der Waals surface area contributed by atoms with E-state index in [1.165, 1.54) is 0 Å². The van der Waals surface area contributed by atoms with Crippen molar-refractivity contribution >= 4 is 17.3 Å². The van der Waals surface area contributed by atoms with E-state index in [2.05, 4.69) is 20.8 Å². The van der Waals surface area contributed by atoms with Crippen molar-refractivity contribution in [2.24, 2.45) is 17.6 Å². The van der Waals surface area contributed by atoms with Crippen LogP contribution in [0.1, 0.15) is 20.8 Å². The molecule has 0 saturated carbocycles. The van der Waals surface area contributed by atoms with E-state index in [-0.39, 0.29) is 0 Å². The first-order valence-corrected chi connectivity index (χ1v) is 4.36. The zero-order valence-electron chi connectivity index (χ0n) is 7.79. The molecule has 2 nitrogen and oxygen atoms in total. The highest BCUT2D eigenvalue weighted by molar-refractivity contribution is 7.80. The lowest BCUT2D eigenvalue weighted by Gasteiger charge is -2.23. The van der Waals surface area contributed by atoms with Crippen LogP contribution in [-0.4, -0.2) is 23.6 Å². The molecule has 0 aliphatic rings. The van der Waals surface area contributed by atoms with E-state index in [0.29, 0.717) is 16.9 Å². The molecule has 0 heterocycles. The monoisotopic (exact) mass is 174 g/mol. The summed E-state index contributed by atoms with van der Waals surface area (Å²) < 4.78 is 0. The average Bonchev–Trinajstić information content (AvgIpc) is 1.87. The van der Waals surface area contributed by atoms with E-state index in [1.54, 1.807) is 0 Å². The second kappa shape index (κ2) is 4.54. The predicted octanol–water partition coefficient (Wildman–Crippen LogP) is 1.45. The molecule has 0 rings (SSSR count). The minimum atomic E-state index is 0.484. The smallest absolute Gasteiger partial charge is 0.166 e. The number of rotatable bonds is 3. The molecule has 0 aliphatic heterocycles. The molecule has 1 atom stereocenters. The molecule has 0 bridgehead atoms. The van der Waals surface area contributed by atoms with E-state index in [1.807, 2.05) is 11.9 Å². The largest absolute Gasteiger partial charge is 0.376 e. The second-order valence-electron chi connectivity index (χ2n) is 3.44. The topological polar surface area (TPSA) is 29.3 Å². The third-order valence-electron chi connectivity index (χ3n) is 2.08. The van der Waals surface area contributed by atoms with Crippen molar-refractivity contribution in [1.82, 2.24) is 4.90 Å². The molecule has 0 saturated heterocycles. The first-order chi connectivity index (χ1) is 4.95. The highest BCUT2D eigenvalue weighted by atomic mass is 32.1. The summed E-state index contributed by atoms with van der Waals surface area (Å²) in [5.74, 6) is 1.33. The van der Waals surface area contributed by atoms with Gasteiger partial charge >= 0.3 is 0 Å². The van der Waals surface area contributed by atoms with Crippen molar-refractivity contribution < 1.29 is 0 Å². The van der Waals surface area contributed by atoms with Crippen molar-refractivity contribution in [2.75, 3.05) is 13.6 Å². The van der Waals surface area contributed by atoms with Crippen molar-refractivity contribution in [3.05, 3.63) is 0 Å². The molecule has 0 amide bonds. The van der Waals surface area contributed by atoms with Crippen LogP contribution < -0.4 is 5.73 Å². The molecule has 3 heteroatoms. The maximum atomic E-state index is 5.44. The second-order valence-corrected chi connectivity index (χ2v) is 3.86. The Labute approximate surface area is 74.8 Å². The van der Waals surface area contributed by atoms with Crippen LogP contribution in [0.4, 0.5) is 0 Å².